The topological polar surface area (TPSA) is 0 Å². The smallest absolute Gasteiger partial charge is 0.0622 e. The average molecular weight is 355 g/mol. The zero-order chi connectivity index (χ0) is 8.97. The van der Waals surface area contributed by atoms with Gasteiger partial charge in [0.15, 0.2) is 0 Å². The van der Waals surface area contributed by atoms with Gasteiger partial charge in [-0.05, 0) is 37.4 Å². The molecule has 12 heavy (non-hydrogen) atoms. The molecule has 1 aromatic carbocycles. The van der Waals surface area contributed by atoms with E-state index >= 15 is 0 Å². The van der Waals surface area contributed by atoms with Crippen LogP contribution in [0, 0.1) is 0 Å². The van der Waals surface area contributed by atoms with Crippen molar-refractivity contribution in [1.29, 1.82) is 0 Å². The molecule has 64 valence electrons. The monoisotopic (exact) mass is 352 g/mol. The molecule has 0 aliphatic heterocycles. The van der Waals surface area contributed by atoms with Crippen molar-refractivity contribution in [1.82, 2.24) is 0 Å². The fraction of sp³-hybridized carbons (Fsp3) is 0.111. The Balaban J connectivity index is 2.72. The van der Waals surface area contributed by atoms with E-state index in [1.807, 2.05) is 18.2 Å². The number of allylic oxidation sites excluding steroid dienone is 1. The van der Waals surface area contributed by atoms with Crippen LogP contribution in [0.3, 0.4) is 0 Å². The van der Waals surface area contributed by atoms with Gasteiger partial charge in [0, 0.05) is 10.9 Å². The highest BCUT2D eigenvalue weighted by atomic mass is 79.9. The van der Waals surface area contributed by atoms with E-state index in [0.717, 1.165) is 14.3 Å². The lowest BCUT2D eigenvalue weighted by atomic mass is 10.2. The Hall–Kier alpha value is 0.400. The van der Waals surface area contributed by atoms with E-state index in [9.17, 15) is 0 Å². The van der Waals surface area contributed by atoms with Crippen molar-refractivity contribution in [2.24, 2.45) is 0 Å². The van der Waals surface area contributed by atoms with E-state index in [2.05, 4.69) is 59.9 Å². The van der Waals surface area contributed by atoms with Gasteiger partial charge in [0.1, 0.15) is 0 Å². The lowest BCUT2D eigenvalue weighted by molar-refractivity contribution is 1.26. The normalized spacial score (nSPS) is 9.58. The zero-order valence-corrected chi connectivity index (χ0v) is 11.0. The average Bonchev–Trinajstić information content (AvgIpc) is 2.06. The summed E-state index contributed by atoms with van der Waals surface area (Å²) in [5, 5.41) is 0. The first-order valence-corrected chi connectivity index (χ1v) is 5.81. The van der Waals surface area contributed by atoms with Crippen LogP contribution in [0.15, 0.2) is 38.2 Å². The fourth-order valence-corrected chi connectivity index (χ4v) is 1.45. The van der Waals surface area contributed by atoms with Gasteiger partial charge < -0.3 is 0 Å². The Labute approximate surface area is 97.4 Å². The molecule has 0 aromatic heterocycles. The van der Waals surface area contributed by atoms with Crippen LogP contribution in [0.2, 0.25) is 0 Å². The van der Waals surface area contributed by atoms with Crippen LogP contribution in [0.25, 0.3) is 0 Å². The SMILES string of the molecule is BrC(Br)=C(Br)Cc1ccccc1. The maximum absolute atomic E-state index is 3.46. The van der Waals surface area contributed by atoms with Crippen molar-refractivity contribution in [2.75, 3.05) is 0 Å². The summed E-state index contributed by atoms with van der Waals surface area (Å²) in [5.74, 6) is 0. The van der Waals surface area contributed by atoms with Gasteiger partial charge in [-0.1, -0.05) is 46.3 Å². The van der Waals surface area contributed by atoms with Crippen molar-refractivity contribution < 1.29 is 0 Å². The molecule has 0 radical (unpaired) electrons. The maximum atomic E-state index is 3.46. The molecule has 3 heteroatoms. The first kappa shape index (κ1) is 10.5. The molecule has 0 fully saturated rings. The van der Waals surface area contributed by atoms with Crippen LogP contribution in [-0.4, -0.2) is 0 Å². The Morgan fingerprint density at radius 1 is 1.00 bits per heavy atom. The second kappa shape index (κ2) is 5.20. The highest BCUT2D eigenvalue weighted by Crippen LogP contribution is 2.26. The summed E-state index contributed by atoms with van der Waals surface area (Å²) in [7, 11) is 0. The van der Waals surface area contributed by atoms with Gasteiger partial charge in [-0.3, -0.25) is 0 Å². The number of rotatable bonds is 2. The van der Waals surface area contributed by atoms with Crippen molar-refractivity contribution >= 4 is 47.8 Å². The number of benzene rings is 1. The van der Waals surface area contributed by atoms with Gasteiger partial charge in [-0.2, -0.15) is 0 Å². The summed E-state index contributed by atoms with van der Waals surface area (Å²) in [6, 6.07) is 10.3. The van der Waals surface area contributed by atoms with Gasteiger partial charge in [0.25, 0.3) is 0 Å². The van der Waals surface area contributed by atoms with E-state index in [-0.39, 0.29) is 0 Å². The van der Waals surface area contributed by atoms with E-state index in [1.54, 1.807) is 0 Å². The first-order chi connectivity index (χ1) is 5.70. The molecule has 0 N–H and O–H groups in total. The molecular formula is C9H7Br3. The third-order valence-corrected chi connectivity index (χ3v) is 4.11. The quantitative estimate of drug-likeness (QED) is 0.729. The maximum Gasteiger partial charge on any atom is 0.0708 e. The molecule has 0 atom stereocenters. The first-order valence-electron chi connectivity index (χ1n) is 3.43. The Morgan fingerprint density at radius 3 is 2.08 bits per heavy atom. The van der Waals surface area contributed by atoms with Crippen LogP contribution in [0.1, 0.15) is 5.56 Å². The van der Waals surface area contributed by atoms with Gasteiger partial charge in [-0.15, -0.1) is 0 Å². The third kappa shape index (κ3) is 3.42. The summed E-state index contributed by atoms with van der Waals surface area (Å²) < 4.78 is 2.09. The molecular weight excluding hydrogens is 348 g/mol. The van der Waals surface area contributed by atoms with Gasteiger partial charge in [0.05, 0.1) is 3.39 Å². The number of hydrogen-bond acceptors (Lipinski definition) is 0. The molecule has 0 amide bonds. The van der Waals surface area contributed by atoms with Crippen LogP contribution in [0.5, 0.6) is 0 Å². The molecule has 0 aliphatic rings. The zero-order valence-electron chi connectivity index (χ0n) is 6.23. The van der Waals surface area contributed by atoms with E-state index in [1.165, 1.54) is 5.56 Å². The van der Waals surface area contributed by atoms with Gasteiger partial charge in [0.2, 0.25) is 0 Å². The van der Waals surface area contributed by atoms with Crippen molar-refractivity contribution in [3.05, 3.63) is 43.8 Å². The van der Waals surface area contributed by atoms with Crippen LogP contribution in [-0.2, 0) is 6.42 Å². The molecule has 1 rings (SSSR count). The molecule has 0 aliphatic carbocycles. The molecule has 0 spiro atoms. The lowest BCUT2D eigenvalue weighted by Crippen LogP contribution is -1.83. The third-order valence-electron chi connectivity index (χ3n) is 1.41. The van der Waals surface area contributed by atoms with E-state index < -0.39 is 0 Å². The highest BCUT2D eigenvalue weighted by Gasteiger charge is 1.98. The fourth-order valence-electron chi connectivity index (χ4n) is 0.842. The molecule has 0 nitrogen and oxygen atoms in total. The predicted octanol–water partition coefficient (Wildman–Crippen LogP) is 4.58. The van der Waals surface area contributed by atoms with Crippen molar-refractivity contribution in [2.45, 2.75) is 6.42 Å². The summed E-state index contributed by atoms with van der Waals surface area (Å²) in [6.07, 6.45) is 0.909. The molecule has 0 saturated heterocycles. The second-order valence-electron chi connectivity index (χ2n) is 2.33. The molecule has 0 saturated carbocycles. The van der Waals surface area contributed by atoms with Crippen LogP contribution < -0.4 is 0 Å². The standard InChI is InChI=1S/C9H7Br3/c10-8(9(11)12)6-7-4-2-1-3-5-7/h1-5H,6H2. The minimum Gasteiger partial charge on any atom is -0.0622 e. The lowest BCUT2D eigenvalue weighted by Gasteiger charge is -1.99. The van der Waals surface area contributed by atoms with Crippen molar-refractivity contribution in [3.63, 3.8) is 0 Å². The Morgan fingerprint density at radius 2 is 1.58 bits per heavy atom. The van der Waals surface area contributed by atoms with Crippen LogP contribution in [0.4, 0.5) is 0 Å². The largest absolute Gasteiger partial charge is 0.0708 e. The second-order valence-corrected chi connectivity index (χ2v) is 5.94. The molecule has 0 bridgehead atoms. The summed E-state index contributed by atoms with van der Waals surface area (Å²) in [5.41, 5.74) is 1.29. The van der Waals surface area contributed by atoms with E-state index in [0.29, 0.717) is 0 Å². The molecule has 0 unspecified atom stereocenters. The number of hydrogen-bond donors (Lipinski definition) is 0. The number of halogens is 3. The Bertz CT molecular complexity index is 273. The van der Waals surface area contributed by atoms with Gasteiger partial charge >= 0.3 is 0 Å². The van der Waals surface area contributed by atoms with Crippen LogP contribution >= 0.6 is 47.8 Å². The molecule has 1 aromatic rings. The highest BCUT2D eigenvalue weighted by molar-refractivity contribution is 9.29. The van der Waals surface area contributed by atoms with E-state index in [4.69, 9.17) is 0 Å². The van der Waals surface area contributed by atoms with Gasteiger partial charge in [-0.25, -0.2) is 0 Å². The molecule has 0 heterocycles. The predicted molar refractivity (Wildman–Crippen MR) is 64.0 cm³/mol. The summed E-state index contributed by atoms with van der Waals surface area (Å²) >= 11 is 10.2. The minimum atomic E-state index is 0.909. The van der Waals surface area contributed by atoms with Crippen molar-refractivity contribution in [3.8, 4) is 0 Å². The minimum absolute atomic E-state index is 0.909. The summed E-state index contributed by atoms with van der Waals surface area (Å²) in [4.78, 5) is 0. The Kier molecular flexibility index (Phi) is 4.54. The summed E-state index contributed by atoms with van der Waals surface area (Å²) in [6.45, 7) is 0.